The molecule has 2 heteroatoms. The van der Waals surface area contributed by atoms with Gasteiger partial charge in [0.25, 0.3) is 0 Å². The summed E-state index contributed by atoms with van der Waals surface area (Å²) >= 11 is 0. The van der Waals surface area contributed by atoms with E-state index in [0.29, 0.717) is 5.92 Å². The Morgan fingerprint density at radius 1 is 1.12 bits per heavy atom. The molecule has 1 heterocycles. The Morgan fingerprint density at radius 2 is 1.76 bits per heavy atom. The van der Waals surface area contributed by atoms with Crippen molar-refractivity contribution in [1.82, 2.24) is 4.90 Å². The molecule has 1 saturated heterocycles. The van der Waals surface area contributed by atoms with Crippen molar-refractivity contribution < 1.29 is 0 Å². The third-order valence-corrected chi connectivity index (χ3v) is 5.06. The number of nitrogens with zero attached hydrogens (tertiary/aromatic N) is 2. The summed E-state index contributed by atoms with van der Waals surface area (Å²) in [5, 5.41) is 8.93. The molecule has 0 aromatic rings. The molecule has 0 aromatic heterocycles. The van der Waals surface area contributed by atoms with Gasteiger partial charge in [-0.1, -0.05) is 25.7 Å². The van der Waals surface area contributed by atoms with Crippen LogP contribution >= 0.6 is 0 Å². The summed E-state index contributed by atoms with van der Waals surface area (Å²) < 4.78 is 0. The number of hydrogen-bond acceptors (Lipinski definition) is 2. The number of rotatable bonds is 2. The third kappa shape index (κ3) is 2.65. The van der Waals surface area contributed by atoms with Crippen molar-refractivity contribution in [2.24, 2.45) is 5.92 Å². The maximum atomic E-state index is 8.93. The van der Waals surface area contributed by atoms with Crippen LogP contribution in [-0.4, -0.2) is 23.0 Å². The topological polar surface area (TPSA) is 27.0 Å². The summed E-state index contributed by atoms with van der Waals surface area (Å²) in [5.41, 5.74) is 0.241. The predicted molar refractivity (Wildman–Crippen MR) is 70.6 cm³/mol. The third-order valence-electron chi connectivity index (χ3n) is 5.06. The van der Waals surface area contributed by atoms with Gasteiger partial charge in [0.15, 0.2) is 0 Å². The van der Waals surface area contributed by atoms with Gasteiger partial charge in [0.05, 0.1) is 6.07 Å². The Balaban J connectivity index is 2.03. The first kappa shape index (κ1) is 12.9. The fourth-order valence-electron chi connectivity index (χ4n) is 3.86. The fraction of sp³-hybridized carbons (Fsp3) is 0.933. The van der Waals surface area contributed by atoms with Gasteiger partial charge in [-0.15, -0.1) is 0 Å². The summed E-state index contributed by atoms with van der Waals surface area (Å²) in [7, 11) is 0. The van der Waals surface area contributed by atoms with E-state index in [0.717, 1.165) is 12.5 Å². The second-order valence-electron chi connectivity index (χ2n) is 6.34. The van der Waals surface area contributed by atoms with Crippen LogP contribution in [0.5, 0.6) is 0 Å². The molecule has 2 nitrogen and oxygen atoms in total. The molecule has 0 bridgehead atoms. The van der Waals surface area contributed by atoms with E-state index in [1.165, 1.54) is 51.5 Å². The summed E-state index contributed by atoms with van der Waals surface area (Å²) in [4.78, 5) is 2.72. The summed E-state index contributed by atoms with van der Waals surface area (Å²) in [6.45, 7) is 5.92. The van der Waals surface area contributed by atoms with E-state index < -0.39 is 0 Å². The van der Waals surface area contributed by atoms with Gasteiger partial charge in [0.1, 0.15) is 0 Å². The van der Waals surface area contributed by atoms with Crippen LogP contribution in [0.25, 0.3) is 0 Å². The monoisotopic (exact) mass is 234 g/mol. The smallest absolute Gasteiger partial charge is 0.0625 e. The highest BCUT2D eigenvalue weighted by molar-refractivity contribution is 5.01. The molecule has 2 fully saturated rings. The van der Waals surface area contributed by atoms with Crippen LogP contribution in [0.2, 0.25) is 0 Å². The molecule has 1 aliphatic carbocycles. The lowest BCUT2D eigenvalue weighted by molar-refractivity contribution is 0.0805. The Labute approximate surface area is 106 Å². The first-order valence-electron chi connectivity index (χ1n) is 7.30. The van der Waals surface area contributed by atoms with Crippen LogP contribution < -0.4 is 0 Å². The molecule has 96 valence electrons. The van der Waals surface area contributed by atoms with Gasteiger partial charge >= 0.3 is 0 Å². The van der Waals surface area contributed by atoms with Crippen LogP contribution in [-0.2, 0) is 0 Å². The van der Waals surface area contributed by atoms with Crippen LogP contribution in [0.4, 0.5) is 0 Å². The lowest BCUT2D eigenvalue weighted by atomic mass is 9.85. The molecule has 2 rings (SSSR count). The molecule has 0 spiro atoms. The molecular formula is C15H26N2. The minimum Gasteiger partial charge on any atom is -0.295 e. The zero-order chi connectivity index (χ0) is 12.3. The van der Waals surface area contributed by atoms with Crippen molar-refractivity contribution in [2.45, 2.75) is 76.8 Å². The van der Waals surface area contributed by atoms with E-state index >= 15 is 0 Å². The van der Waals surface area contributed by atoms with Gasteiger partial charge in [-0.05, 0) is 45.6 Å². The van der Waals surface area contributed by atoms with Crippen molar-refractivity contribution in [3.63, 3.8) is 0 Å². The Morgan fingerprint density at radius 3 is 2.35 bits per heavy atom. The van der Waals surface area contributed by atoms with Crippen molar-refractivity contribution in [1.29, 1.82) is 5.26 Å². The minimum atomic E-state index is 0.241. The molecule has 0 radical (unpaired) electrons. The Bertz CT molecular complexity index is 282. The lowest BCUT2D eigenvalue weighted by Gasteiger charge is -2.40. The van der Waals surface area contributed by atoms with Gasteiger partial charge < -0.3 is 0 Å². The lowest BCUT2D eigenvalue weighted by Crippen LogP contribution is -2.48. The molecule has 1 aliphatic heterocycles. The van der Waals surface area contributed by atoms with E-state index in [1.54, 1.807) is 0 Å². The van der Waals surface area contributed by atoms with Crippen LogP contribution in [0.3, 0.4) is 0 Å². The molecule has 0 amide bonds. The molecular weight excluding hydrogens is 208 g/mol. The second-order valence-corrected chi connectivity index (χ2v) is 6.34. The zero-order valence-electron chi connectivity index (χ0n) is 11.4. The van der Waals surface area contributed by atoms with Gasteiger partial charge in [-0.3, -0.25) is 4.90 Å². The highest BCUT2D eigenvalue weighted by Gasteiger charge is 2.43. The zero-order valence-corrected chi connectivity index (χ0v) is 11.4. The average molecular weight is 234 g/mol. The summed E-state index contributed by atoms with van der Waals surface area (Å²) in [6.07, 6.45) is 10.4. The second kappa shape index (κ2) is 5.40. The normalized spacial score (nSPS) is 31.0. The largest absolute Gasteiger partial charge is 0.295 e. The molecule has 1 atom stereocenters. The van der Waals surface area contributed by atoms with Crippen molar-refractivity contribution in [3.8, 4) is 6.07 Å². The highest BCUT2D eigenvalue weighted by Crippen LogP contribution is 2.40. The quantitative estimate of drug-likeness (QED) is 0.681. The number of hydrogen-bond donors (Lipinski definition) is 0. The SMILES string of the molecule is CC1(C)C(CC#N)CCN1C1CCCCCC1. The maximum absolute atomic E-state index is 8.93. The van der Waals surface area contributed by atoms with E-state index in [4.69, 9.17) is 5.26 Å². The Kier molecular flexibility index (Phi) is 4.09. The number of nitriles is 1. The number of likely N-dealkylation sites (tertiary alicyclic amines) is 1. The van der Waals surface area contributed by atoms with Crippen LogP contribution in [0.1, 0.15) is 65.2 Å². The Hall–Kier alpha value is -0.550. The first-order chi connectivity index (χ1) is 8.16. The molecule has 0 N–H and O–H groups in total. The van der Waals surface area contributed by atoms with Crippen LogP contribution in [0, 0.1) is 17.2 Å². The van der Waals surface area contributed by atoms with Crippen LogP contribution in [0.15, 0.2) is 0 Å². The molecule has 1 unspecified atom stereocenters. The highest BCUT2D eigenvalue weighted by atomic mass is 15.2. The summed E-state index contributed by atoms with van der Waals surface area (Å²) in [5.74, 6) is 0.579. The van der Waals surface area contributed by atoms with E-state index in [2.05, 4.69) is 24.8 Å². The van der Waals surface area contributed by atoms with E-state index in [-0.39, 0.29) is 5.54 Å². The molecule has 17 heavy (non-hydrogen) atoms. The predicted octanol–water partition coefficient (Wildman–Crippen LogP) is 3.72. The molecule has 0 aromatic carbocycles. The maximum Gasteiger partial charge on any atom is 0.0625 e. The van der Waals surface area contributed by atoms with Crippen molar-refractivity contribution in [2.75, 3.05) is 6.54 Å². The van der Waals surface area contributed by atoms with Gasteiger partial charge in [0, 0.05) is 18.0 Å². The molecule has 2 aliphatic rings. The van der Waals surface area contributed by atoms with Gasteiger partial charge in [0.2, 0.25) is 0 Å². The van der Waals surface area contributed by atoms with E-state index in [9.17, 15) is 0 Å². The summed E-state index contributed by atoms with van der Waals surface area (Å²) in [6, 6.07) is 3.16. The van der Waals surface area contributed by atoms with Gasteiger partial charge in [-0.25, -0.2) is 0 Å². The van der Waals surface area contributed by atoms with Crippen molar-refractivity contribution in [3.05, 3.63) is 0 Å². The standard InChI is InChI=1S/C15H26N2/c1-15(2)13(9-11-16)10-12-17(15)14-7-5-3-4-6-8-14/h13-14H,3-10,12H2,1-2H3. The van der Waals surface area contributed by atoms with Gasteiger partial charge in [-0.2, -0.15) is 5.26 Å². The van der Waals surface area contributed by atoms with E-state index in [1.807, 2.05) is 0 Å². The minimum absolute atomic E-state index is 0.241. The first-order valence-corrected chi connectivity index (χ1v) is 7.30. The average Bonchev–Trinajstić information content (AvgIpc) is 2.51. The van der Waals surface area contributed by atoms with Crippen molar-refractivity contribution >= 4 is 0 Å². The molecule has 1 saturated carbocycles. The fourth-order valence-corrected chi connectivity index (χ4v) is 3.86.